The first kappa shape index (κ1) is 11.6. The Balaban J connectivity index is 2.22. The van der Waals surface area contributed by atoms with E-state index in [2.05, 4.69) is 18.2 Å². The zero-order chi connectivity index (χ0) is 12.1. The van der Waals surface area contributed by atoms with Gasteiger partial charge in [-0.3, -0.25) is 0 Å². The van der Waals surface area contributed by atoms with Crippen molar-refractivity contribution in [3.63, 3.8) is 0 Å². The molecule has 1 aliphatic rings. The molecule has 0 saturated carbocycles. The van der Waals surface area contributed by atoms with Gasteiger partial charge in [-0.1, -0.05) is 48.6 Å². The van der Waals surface area contributed by atoms with Crippen LogP contribution in [0.2, 0.25) is 0 Å². The average molecular weight is 226 g/mol. The third kappa shape index (κ3) is 3.28. The molecule has 0 bridgehead atoms. The van der Waals surface area contributed by atoms with E-state index >= 15 is 0 Å². The van der Waals surface area contributed by atoms with Crippen LogP contribution < -0.4 is 0 Å². The van der Waals surface area contributed by atoms with E-state index in [-0.39, 0.29) is 5.82 Å². The molecule has 1 aromatic rings. The number of allylic oxidation sites excluding steroid dienone is 8. The summed E-state index contributed by atoms with van der Waals surface area (Å²) >= 11 is 0. The van der Waals surface area contributed by atoms with Crippen LogP contribution in [0.15, 0.2) is 66.3 Å². The molecule has 1 aromatic carbocycles. The van der Waals surface area contributed by atoms with Crippen molar-refractivity contribution in [1.82, 2.24) is 0 Å². The maximum absolute atomic E-state index is 12.8. The Morgan fingerprint density at radius 2 is 1.88 bits per heavy atom. The van der Waals surface area contributed by atoms with E-state index in [1.54, 1.807) is 0 Å². The lowest BCUT2D eigenvalue weighted by atomic mass is 10.0. The molecule has 0 fully saturated rings. The fraction of sp³-hybridized carbons (Fsp3) is 0.125. The minimum atomic E-state index is -0.193. The number of hydrogen-bond acceptors (Lipinski definition) is 0. The second-order valence-electron chi connectivity index (χ2n) is 4.09. The van der Waals surface area contributed by atoms with Crippen LogP contribution in [0.25, 0.3) is 5.57 Å². The molecule has 0 nitrogen and oxygen atoms in total. The summed E-state index contributed by atoms with van der Waals surface area (Å²) in [6, 6.07) is 6.61. The van der Waals surface area contributed by atoms with Crippen LogP contribution in [0.4, 0.5) is 4.39 Å². The molecule has 1 heteroatoms. The fourth-order valence-electron chi connectivity index (χ4n) is 1.78. The standard InChI is InChI=1S/C16H15F/c1-13(15-8-10-16(17)11-9-15)12-14-6-4-2-3-5-7-14/h2-6,8-12H,7H2,1H3/b13-12-. The number of benzene rings is 1. The largest absolute Gasteiger partial charge is 0.207 e. The molecule has 0 N–H and O–H groups in total. The molecule has 0 spiro atoms. The van der Waals surface area contributed by atoms with Crippen molar-refractivity contribution in [2.75, 3.05) is 0 Å². The van der Waals surface area contributed by atoms with Gasteiger partial charge in [-0.05, 0) is 42.2 Å². The summed E-state index contributed by atoms with van der Waals surface area (Å²) in [6.45, 7) is 2.05. The molecule has 0 saturated heterocycles. The smallest absolute Gasteiger partial charge is 0.123 e. The maximum atomic E-state index is 12.8. The molecule has 0 radical (unpaired) electrons. The minimum Gasteiger partial charge on any atom is -0.207 e. The lowest BCUT2D eigenvalue weighted by Crippen LogP contribution is -1.83. The quantitative estimate of drug-likeness (QED) is 0.687. The van der Waals surface area contributed by atoms with Crippen molar-refractivity contribution in [1.29, 1.82) is 0 Å². The molecular weight excluding hydrogens is 211 g/mol. The Morgan fingerprint density at radius 3 is 2.65 bits per heavy atom. The summed E-state index contributed by atoms with van der Waals surface area (Å²) in [5, 5.41) is 0. The van der Waals surface area contributed by atoms with Crippen LogP contribution in [-0.2, 0) is 0 Å². The van der Waals surface area contributed by atoms with Crippen molar-refractivity contribution in [3.05, 3.63) is 77.7 Å². The van der Waals surface area contributed by atoms with Gasteiger partial charge in [0.25, 0.3) is 0 Å². The highest BCUT2D eigenvalue weighted by molar-refractivity contribution is 5.66. The highest BCUT2D eigenvalue weighted by Crippen LogP contribution is 2.19. The summed E-state index contributed by atoms with van der Waals surface area (Å²) in [6.07, 6.45) is 13.4. The van der Waals surface area contributed by atoms with Gasteiger partial charge in [-0.15, -0.1) is 0 Å². The highest BCUT2D eigenvalue weighted by Gasteiger charge is 1.98. The zero-order valence-electron chi connectivity index (χ0n) is 9.86. The van der Waals surface area contributed by atoms with Crippen LogP contribution in [0.1, 0.15) is 18.9 Å². The normalized spacial score (nSPS) is 15.6. The highest BCUT2D eigenvalue weighted by atomic mass is 19.1. The Kier molecular flexibility index (Phi) is 3.71. The second-order valence-corrected chi connectivity index (χ2v) is 4.09. The monoisotopic (exact) mass is 226 g/mol. The molecule has 1 aliphatic carbocycles. The van der Waals surface area contributed by atoms with Gasteiger partial charge in [0, 0.05) is 0 Å². The van der Waals surface area contributed by atoms with E-state index in [4.69, 9.17) is 0 Å². The predicted octanol–water partition coefficient (Wildman–Crippen LogP) is 4.67. The first-order valence-corrected chi connectivity index (χ1v) is 5.72. The lowest BCUT2D eigenvalue weighted by molar-refractivity contribution is 0.627. The summed E-state index contributed by atoms with van der Waals surface area (Å²) in [7, 11) is 0. The summed E-state index contributed by atoms with van der Waals surface area (Å²) in [5.74, 6) is -0.193. The summed E-state index contributed by atoms with van der Waals surface area (Å²) < 4.78 is 12.8. The van der Waals surface area contributed by atoms with Crippen LogP contribution in [-0.4, -0.2) is 0 Å². The molecule has 0 aliphatic heterocycles. The van der Waals surface area contributed by atoms with Crippen LogP contribution >= 0.6 is 0 Å². The Labute approximate surface area is 101 Å². The van der Waals surface area contributed by atoms with Crippen LogP contribution in [0.5, 0.6) is 0 Å². The summed E-state index contributed by atoms with van der Waals surface area (Å²) in [4.78, 5) is 0. The van der Waals surface area contributed by atoms with E-state index in [0.29, 0.717) is 0 Å². The van der Waals surface area contributed by atoms with Crippen molar-refractivity contribution in [2.24, 2.45) is 0 Å². The van der Waals surface area contributed by atoms with E-state index in [1.165, 1.54) is 17.7 Å². The van der Waals surface area contributed by atoms with Crippen LogP contribution in [0, 0.1) is 5.82 Å². The van der Waals surface area contributed by atoms with E-state index in [9.17, 15) is 4.39 Å². The van der Waals surface area contributed by atoms with Gasteiger partial charge >= 0.3 is 0 Å². The van der Waals surface area contributed by atoms with Crippen molar-refractivity contribution < 1.29 is 4.39 Å². The molecule has 0 atom stereocenters. The molecule has 0 amide bonds. The third-order valence-electron chi connectivity index (χ3n) is 2.72. The lowest BCUT2D eigenvalue weighted by Gasteiger charge is -2.03. The fourth-order valence-corrected chi connectivity index (χ4v) is 1.78. The maximum Gasteiger partial charge on any atom is 0.123 e. The average Bonchev–Trinajstić information content (AvgIpc) is 2.58. The van der Waals surface area contributed by atoms with Gasteiger partial charge in [0.15, 0.2) is 0 Å². The van der Waals surface area contributed by atoms with Crippen LogP contribution in [0.3, 0.4) is 0 Å². The number of halogens is 1. The molecule has 17 heavy (non-hydrogen) atoms. The van der Waals surface area contributed by atoms with Crippen molar-refractivity contribution >= 4 is 5.57 Å². The number of hydrogen-bond donors (Lipinski definition) is 0. The minimum absolute atomic E-state index is 0.193. The molecule has 0 unspecified atom stereocenters. The second kappa shape index (κ2) is 5.44. The topological polar surface area (TPSA) is 0 Å². The van der Waals surface area contributed by atoms with E-state index in [1.807, 2.05) is 37.3 Å². The van der Waals surface area contributed by atoms with Gasteiger partial charge in [0.2, 0.25) is 0 Å². The first-order chi connectivity index (χ1) is 8.25. The Bertz CT molecular complexity index is 499. The molecule has 0 aromatic heterocycles. The molecule has 86 valence electrons. The third-order valence-corrected chi connectivity index (χ3v) is 2.72. The SMILES string of the molecule is C/C(=C/C1=CC=CC=CC1)c1ccc(F)cc1. The first-order valence-electron chi connectivity index (χ1n) is 5.72. The van der Waals surface area contributed by atoms with Gasteiger partial charge in [0.05, 0.1) is 0 Å². The van der Waals surface area contributed by atoms with E-state index < -0.39 is 0 Å². The number of rotatable bonds is 2. The molecule has 2 rings (SSSR count). The Morgan fingerprint density at radius 1 is 1.12 bits per heavy atom. The van der Waals surface area contributed by atoms with Gasteiger partial charge in [-0.25, -0.2) is 4.39 Å². The zero-order valence-corrected chi connectivity index (χ0v) is 9.86. The summed E-state index contributed by atoms with van der Waals surface area (Å²) in [5.41, 5.74) is 3.47. The van der Waals surface area contributed by atoms with Crippen molar-refractivity contribution in [3.8, 4) is 0 Å². The molecule has 0 heterocycles. The van der Waals surface area contributed by atoms with Crippen molar-refractivity contribution in [2.45, 2.75) is 13.3 Å². The molecular formula is C16H15F. The van der Waals surface area contributed by atoms with Gasteiger partial charge in [0.1, 0.15) is 5.82 Å². The Hall–Kier alpha value is -1.89. The van der Waals surface area contributed by atoms with E-state index in [0.717, 1.165) is 17.6 Å². The predicted molar refractivity (Wildman–Crippen MR) is 71.0 cm³/mol. The van der Waals surface area contributed by atoms with Gasteiger partial charge in [-0.2, -0.15) is 0 Å². The van der Waals surface area contributed by atoms with Gasteiger partial charge < -0.3 is 0 Å².